The molecule has 1 aromatic heterocycles. The zero-order valence-electron chi connectivity index (χ0n) is 11.8. The number of hydrogen-bond acceptors (Lipinski definition) is 4. The van der Waals surface area contributed by atoms with Crippen molar-refractivity contribution >= 4 is 11.3 Å². The van der Waals surface area contributed by atoms with Crippen molar-refractivity contribution in [1.82, 2.24) is 10.3 Å². The molecule has 0 fully saturated rings. The molecule has 4 heteroatoms. The van der Waals surface area contributed by atoms with Gasteiger partial charge in [0.1, 0.15) is 10.8 Å². The average molecular weight is 276 g/mol. The lowest BCUT2D eigenvalue weighted by Crippen LogP contribution is -2.22. The molecule has 0 aliphatic carbocycles. The molecule has 0 spiro atoms. The topological polar surface area (TPSA) is 34.1 Å². The number of ether oxygens (including phenoxy) is 1. The van der Waals surface area contributed by atoms with Crippen LogP contribution in [0.25, 0.3) is 0 Å². The molecule has 0 aliphatic rings. The van der Waals surface area contributed by atoms with Gasteiger partial charge in [-0.1, -0.05) is 18.2 Å². The van der Waals surface area contributed by atoms with Crippen LogP contribution in [0, 0.1) is 6.92 Å². The van der Waals surface area contributed by atoms with E-state index in [1.165, 1.54) is 10.4 Å². The summed E-state index contributed by atoms with van der Waals surface area (Å²) < 4.78 is 5.40. The van der Waals surface area contributed by atoms with Gasteiger partial charge in [0.25, 0.3) is 0 Å². The molecule has 102 valence electrons. The molecule has 2 atom stereocenters. The van der Waals surface area contributed by atoms with Gasteiger partial charge in [-0.2, -0.15) is 0 Å². The normalized spacial score (nSPS) is 14.1. The van der Waals surface area contributed by atoms with Gasteiger partial charge in [0.15, 0.2) is 0 Å². The summed E-state index contributed by atoms with van der Waals surface area (Å²) in [6.45, 7) is 6.37. The molecule has 1 N–H and O–H groups in total. The van der Waals surface area contributed by atoms with Crippen LogP contribution in [-0.2, 0) is 0 Å². The van der Waals surface area contributed by atoms with Crippen LogP contribution in [0.15, 0.2) is 30.5 Å². The minimum atomic E-state index is 0.218. The van der Waals surface area contributed by atoms with Gasteiger partial charge in [-0.25, -0.2) is 4.98 Å². The summed E-state index contributed by atoms with van der Waals surface area (Å²) in [5, 5.41) is 4.69. The quantitative estimate of drug-likeness (QED) is 0.900. The van der Waals surface area contributed by atoms with Crippen molar-refractivity contribution in [2.75, 3.05) is 7.11 Å². The predicted molar refractivity (Wildman–Crippen MR) is 79.8 cm³/mol. The Kier molecular flexibility index (Phi) is 4.56. The molecular formula is C15H20N2OS. The molecular weight excluding hydrogens is 256 g/mol. The summed E-state index contributed by atoms with van der Waals surface area (Å²) in [4.78, 5) is 5.67. The standard InChI is InChI=1S/C15H20N2OS/c1-10-9-16-15(19-10)12(3)17-11(2)13-7-5-6-8-14(13)18-4/h5-9,11-12,17H,1-4H3. The number of nitrogens with one attached hydrogen (secondary N) is 1. The Balaban J connectivity index is 2.10. The second-order valence-electron chi connectivity index (χ2n) is 4.66. The van der Waals surface area contributed by atoms with Crippen LogP contribution in [0.5, 0.6) is 5.75 Å². The van der Waals surface area contributed by atoms with Crippen LogP contribution in [-0.4, -0.2) is 12.1 Å². The van der Waals surface area contributed by atoms with Crippen LogP contribution in [0.1, 0.15) is 41.4 Å². The summed E-state index contributed by atoms with van der Waals surface area (Å²) in [7, 11) is 1.71. The van der Waals surface area contributed by atoms with Crippen LogP contribution >= 0.6 is 11.3 Å². The van der Waals surface area contributed by atoms with E-state index in [0.717, 1.165) is 10.8 Å². The molecule has 0 radical (unpaired) electrons. The summed E-state index contributed by atoms with van der Waals surface area (Å²) in [6, 6.07) is 8.56. The number of rotatable bonds is 5. The van der Waals surface area contributed by atoms with Gasteiger partial charge in [-0.3, -0.25) is 0 Å². The highest BCUT2D eigenvalue weighted by Gasteiger charge is 2.16. The second kappa shape index (κ2) is 6.17. The number of hydrogen-bond donors (Lipinski definition) is 1. The summed E-state index contributed by atoms with van der Waals surface area (Å²) in [6.07, 6.45) is 1.92. The van der Waals surface area contributed by atoms with E-state index in [2.05, 4.69) is 37.1 Å². The lowest BCUT2D eigenvalue weighted by atomic mass is 10.1. The van der Waals surface area contributed by atoms with E-state index in [4.69, 9.17) is 4.74 Å². The first-order valence-corrected chi connectivity index (χ1v) is 7.24. The van der Waals surface area contributed by atoms with Gasteiger partial charge in [-0.05, 0) is 26.8 Å². The van der Waals surface area contributed by atoms with Crippen molar-refractivity contribution in [3.8, 4) is 5.75 Å². The highest BCUT2D eigenvalue weighted by atomic mass is 32.1. The van der Waals surface area contributed by atoms with E-state index in [-0.39, 0.29) is 12.1 Å². The molecule has 0 saturated carbocycles. The molecule has 19 heavy (non-hydrogen) atoms. The van der Waals surface area contributed by atoms with Crippen LogP contribution in [0.3, 0.4) is 0 Å². The Bertz CT molecular complexity index is 538. The Morgan fingerprint density at radius 1 is 1.21 bits per heavy atom. The first kappa shape index (κ1) is 14.0. The van der Waals surface area contributed by atoms with Gasteiger partial charge in [-0.15, -0.1) is 11.3 Å². The number of thiazole rings is 1. The molecule has 0 saturated heterocycles. The van der Waals surface area contributed by atoms with Gasteiger partial charge >= 0.3 is 0 Å². The third kappa shape index (κ3) is 3.33. The minimum Gasteiger partial charge on any atom is -0.496 e. The van der Waals surface area contributed by atoms with E-state index in [9.17, 15) is 0 Å². The Morgan fingerprint density at radius 3 is 2.58 bits per heavy atom. The van der Waals surface area contributed by atoms with E-state index in [1.54, 1.807) is 18.4 Å². The molecule has 0 aliphatic heterocycles. The monoisotopic (exact) mass is 276 g/mol. The van der Waals surface area contributed by atoms with Gasteiger partial charge in [0, 0.05) is 22.7 Å². The number of methoxy groups -OCH3 is 1. The van der Waals surface area contributed by atoms with Crippen molar-refractivity contribution in [2.24, 2.45) is 0 Å². The lowest BCUT2D eigenvalue weighted by Gasteiger charge is -2.20. The van der Waals surface area contributed by atoms with Crippen molar-refractivity contribution in [1.29, 1.82) is 0 Å². The van der Waals surface area contributed by atoms with E-state index >= 15 is 0 Å². The van der Waals surface area contributed by atoms with E-state index in [0.29, 0.717) is 0 Å². The third-order valence-electron chi connectivity index (χ3n) is 3.12. The fraction of sp³-hybridized carbons (Fsp3) is 0.400. The maximum Gasteiger partial charge on any atom is 0.123 e. The van der Waals surface area contributed by atoms with E-state index in [1.807, 2.05) is 24.4 Å². The summed E-state index contributed by atoms with van der Waals surface area (Å²) >= 11 is 1.74. The zero-order chi connectivity index (χ0) is 13.8. The number of aryl methyl sites for hydroxylation is 1. The fourth-order valence-electron chi connectivity index (χ4n) is 2.13. The average Bonchev–Trinajstić information content (AvgIpc) is 2.85. The maximum atomic E-state index is 5.40. The maximum absolute atomic E-state index is 5.40. The number of para-hydroxylation sites is 1. The third-order valence-corrected chi connectivity index (χ3v) is 4.21. The van der Waals surface area contributed by atoms with Crippen molar-refractivity contribution in [2.45, 2.75) is 32.9 Å². The van der Waals surface area contributed by atoms with Gasteiger partial charge in [0.2, 0.25) is 0 Å². The number of benzene rings is 1. The molecule has 1 heterocycles. The molecule has 1 aromatic carbocycles. The molecule has 2 rings (SSSR count). The smallest absolute Gasteiger partial charge is 0.123 e. The van der Waals surface area contributed by atoms with Crippen molar-refractivity contribution in [3.05, 3.63) is 45.9 Å². The first-order valence-electron chi connectivity index (χ1n) is 6.43. The predicted octanol–water partition coefficient (Wildman–Crippen LogP) is 3.87. The molecule has 3 nitrogen and oxygen atoms in total. The molecule has 2 aromatic rings. The fourth-order valence-corrected chi connectivity index (χ4v) is 2.92. The Hall–Kier alpha value is -1.39. The Labute approximate surface area is 118 Å². The van der Waals surface area contributed by atoms with Crippen molar-refractivity contribution < 1.29 is 4.74 Å². The highest BCUT2D eigenvalue weighted by molar-refractivity contribution is 7.11. The van der Waals surface area contributed by atoms with Gasteiger partial charge < -0.3 is 10.1 Å². The van der Waals surface area contributed by atoms with Crippen molar-refractivity contribution in [3.63, 3.8) is 0 Å². The molecule has 0 bridgehead atoms. The molecule has 0 amide bonds. The minimum absolute atomic E-state index is 0.218. The molecule has 2 unspecified atom stereocenters. The largest absolute Gasteiger partial charge is 0.496 e. The SMILES string of the molecule is COc1ccccc1C(C)NC(C)c1ncc(C)s1. The second-order valence-corrected chi connectivity index (χ2v) is 5.93. The van der Waals surface area contributed by atoms with Crippen LogP contribution < -0.4 is 10.1 Å². The summed E-state index contributed by atoms with van der Waals surface area (Å²) in [5.74, 6) is 0.921. The van der Waals surface area contributed by atoms with Crippen LogP contribution in [0.2, 0.25) is 0 Å². The van der Waals surface area contributed by atoms with Crippen LogP contribution in [0.4, 0.5) is 0 Å². The Morgan fingerprint density at radius 2 is 1.95 bits per heavy atom. The lowest BCUT2D eigenvalue weighted by molar-refractivity contribution is 0.396. The number of nitrogens with zero attached hydrogens (tertiary/aromatic N) is 1. The highest BCUT2D eigenvalue weighted by Crippen LogP contribution is 2.27. The van der Waals surface area contributed by atoms with E-state index < -0.39 is 0 Å². The summed E-state index contributed by atoms with van der Waals surface area (Å²) in [5.41, 5.74) is 1.17. The number of aromatic nitrogens is 1. The van der Waals surface area contributed by atoms with Gasteiger partial charge in [0.05, 0.1) is 13.2 Å². The zero-order valence-corrected chi connectivity index (χ0v) is 12.6. The first-order chi connectivity index (χ1) is 9.11.